The first-order valence-corrected chi connectivity index (χ1v) is 7.93. The fourth-order valence-electron chi connectivity index (χ4n) is 2.66. The van der Waals surface area contributed by atoms with Gasteiger partial charge in [0.25, 0.3) is 0 Å². The zero-order chi connectivity index (χ0) is 18.1. The summed E-state index contributed by atoms with van der Waals surface area (Å²) in [5.41, 5.74) is 2.79. The van der Waals surface area contributed by atoms with Crippen LogP contribution in [0.25, 0.3) is 16.9 Å². The summed E-state index contributed by atoms with van der Waals surface area (Å²) in [5, 5.41) is 0. The van der Waals surface area contributed by atoms with Crippen LogP contribution in [0.1, 0.15) is 11.3 Å². The second-order valence-corrected chi connectivity index (χ2v) is 5.80. The number of imidazole rings is 1. The molecule has 0 spiro atoms. The smallest absolute Gasteiger partial charge is 0.234 e. The van der Waals surface area contributed by atoms with Gasteiger partial charge in [0, 0.05) is 30.2 Å². The lowest BCUT2D eigenvalue weighted by atomic mass is 10.0. The number of pyridine rings is 1. The summed E-state index contributed by atoms with van der Waals surface area (Å²) in [6.45, 7) is 1.91. The minimum atomic E-state index is -0.422. The van der Waals surface area contributed by atoms with Gasteiger partial charge in [0.15, 0.2) is 0 Å². The van der Waals surface area contributed by atoms with Crippen molar-refractivity contribution >= 4 is 5.78 Å². The molecule has 0 atom stereocenters. The minimum absolute atomic E-state index is 0.177. The predicted octanol–water partition coefficient (Wildman–Crippen LogP) is 3.96. The molecule has 3 heterocycles. The first kappa shape index (κ1) is 16.1. The molecular formula is C19H14F2N4O. The summed E-state index contributed by atoms with van der Waals surface area (Å²) in [7, 11) is 0. The maximum atomic E-state index is 13.8. The molecule has 130 valence electrons. The summed E-state index contributed by atoms with van der Waals surface area (Å²) < 4.78 is 33.9. The van der Waals surface area contributed by atoms with Crippen molar-refractivity contribution in [2.75, 3.05) is 0 Å². The van der Waals surface area contributed by atoms with Crippen molar-refractivity contribution in [1.29, 1.82) is 0 Å². The van der Waals surface area contributed by atoms with Crippen LogP contribution in [0.4, 0.5) is 8.78 Å². The summed E-state index contributed by atoms with van der Waals surface area (Å²) in [6, 6.07) is 7.68. The average Bonchev–Trinajstić information content (AvgIpc) is 3.05. The van der Waals surface area contributed by atoms with Gasteiger partial charge in [-0.3, -0.25) is 4.40 Å². The van der Waals surface area contributed by atoms with Gasteiger partial charge in [-0.25, -0.2) is 23.7 Å². The van der Waals surface area contributed by atoms with Gasteiger partial charge in [0.1, 0.15) is 18.2 Å². The molecule has 5 nitrogen and oxygen atoms in total. The third kappa shape index (κ3) is 3.11. The fourth-order valence-corrected chi connectivity index (χ4v) is 2.66. The number of benzene rings is 1. The summed E-state index contributed by atoms with van der Waals surface area (Å²) in [5.74, 6) is 0.143. The van der Waals surface area contributed by atoms with E-state index in [9.17, 15) is 8.78 Å². The summed E-state index contributed by atoms with van der Waals surface area (Å²) in [6.07, 6.45) is 6.38. The third-order valence-electron chi connectivity index (χ3n) is 4.01. The second-order valence-electron chi connectivity index (χ2n) is 5.80. The number of halogens is 2. The predicted molar refractivity (Wildman–Crippen MR) is 91.6 cm³/mol. The maximum Gasteiger partial charge on any atom is 0.234 e. The minimum Gasteiger partial charge on any atom is -0.471 e. The Balaban J connectivity index is 1.59. The van der Waals surface area contributed by atoms with Gasteiger partial charge >= 0.3 is 0 Å². The van der Waals surface area contributed by atoms with Crippen LogP contribution in [0, 0.1) is 18.6 Å². The first-order chi connectivity index (χ1) is 12.6. The first-order valence-electron chi connectivity index (χ1n) is 7.93. The molecule has 0 saturated carbocycles. The molecule has 0 unspecified atom stereocenters. The molecule has 1 aromatic carbocycles. The number of rotatable bonds is 4. The van der Waals surface area contributed by atoms with Crippen LogP contribution in [-0.2, 0) is 6.61 Å². The second kappa shape index (κ2) is 6.51. The Kier molecular flexibility index (Phi) is 4.04. The standard InChI is InChI=1S/C19H14F2N4O/c1-12-16(3-2-4-17(12)21)13-7-23-19-24-15(10-25(19)9-13)11-26-18-6-5-14(20)8-22-18/h2-10H,11H2,1H3. The molecule has 26 heavy (non-hydrogen) atoms. The van der Waals surface area contributed by atoms with E-state index in [1.807, 2.05) is 12.3 Å². The molecule has 4 rings (SSSR count). The van der Waals surface area contributed by atoms with E-state index in [1.165, 1.54) is 18.2 Å². The average molecular weight is 352 g/mol. The van der Waals surface area contributed by atoms with Crippen molar-refractivity contribution in [3.05, 3.63) is 78.0 Å². The lowest BCUT2D eigenvalue weighted by molar-refractivity contribution is 0.289. The quantitative estimate of drug-likeness (QED) is 0.558. The SMILES string of the molecule is Cc1c(F)cccc1-c1cnc2nc(COc3ccc(F)cn3)cn2c1. The largest absolute Gasteiger partial charge is 0.471 e. The Morgan fingerprint density at radius 1 is 1.04 bits per heavy atom. The number of hydrogen-bond acceptors (Lipinski definition) is 4. The highest BCUT2D eigenvalue weighted by atomic mass is 19.1. The molecule has 0 amide bonds. The number of ether oxygens (including phenoxy) is 1. The number of aromatic nitrogens is 4. The zero-order valence-electron chi connectivity index (χ0n) is 13.9. The van der Waals surface area contributed by atoms with Crippen LogP contribution in [0.15, 0.2) is 55.1 Å². The van der Waals surface area contributed by atoms with Gasteiger partial charge in [0.05, 0.1) is 11.9 Å². The van der Waals surface area contributed by atoms with E-state index >= 15 is 0 Å². The van der Waals surface area contributed by atoms with Gasteiger partial charge in [-0.15, -0.1) is 0 Å². The van der Waals surface area contributed by atoms with Crippen molar-refractivity contribution in [2.24, 2.45) is 0 Å². The number of hydrogen-bond donors (Lipinski definition) is 0. The van der Waals surface area contributed by atoms with Crippen LogP contribution >= 0.6 is 0 Å². The molecule has 0 bridgehead atoms. The van der Waals surface area contributed by atoms with E-state index in [1.54, 1.807) is 29.8 Å². The highest BCUT2D eigenvalue weighted by molar-refractivity contribution is 5.66. The normalized spacial score (nSPS) is 11.0. The molecule has 0 N–H and O–H groups in total. The fraction of sp³-hybridized carbons (Fsp3) is 0.105. The Hall–Kier alpha value is -3.35. The molecule has 0 aliphatic rings. The van der Waals surface area contributed by atoms with E-state index < -0.39 is 5.82 Å². The Labute approximate surface area is 147 Å². The third-order valence-corrected chi connectivity index (χ3v) is 4.01. The lowest BCUT2D eigenvalue weighted by Crippen LogP contribution is -1.97. The van der Waals surface area contributed by atoms with E-state index in [2.05, 4.69) is 15.0 Å². The van der Waals surface area contributed by atoms with E-state index in [-0.39, 0.29) is 12.4 Å². The van der Waals surface area contributed by atoms with Gasteiger partial charge in [-0.05, 0) is 30.2 Å². The van der Waals surface area contributed by atoms with Crippen molar-refractivity contribution in [3.63, 3.8) is 0 Å². The summed E-state index contributed by atoms with van der Waals surface area (Å²) in [4.78, 5) is 12.5. The summed E-state index contributed by atoms with van der Waals surface area (Å²) >= 11 is 0. The molecule has 0 aliphatic heterocycles. The molecule has 3 aromatic heterocycles. The van der Waals surface area contributed by atoms with Crippen LogP contribution in [0.5, 0.6) is 5.88 Å². The Morgan fingerprint density at radius 3 is 2.73 bits per heavy atom. The molecule has 0 aliphatic carbocycles. The monoisotopic (exact) mass is 352 g/mol. The van der Waals surface area contributed by atoms with Gasteiger partial charge in [-0.1, -0.05) is 12.1 Å². The zero-order valence-corrected chi connectivity index (χ0v) is 13.9. The Morgan fingerprint density at radius 2 is 1.92 bits per heavy atom. The van der Waals surface area contributed by atoms with Crippen LogP contribution < -0.4 is 4.74 Å². The molecule has 0 radical (unpaired) electrons. The molecular weight excluding hydrogens is 338 g/mol. The van der Waals surface area contributed by atoms with Gasteiger partial charge in [-0.2, -0.15) is 0 Å². The lowest BCUT2D eigenvalue weighted by Gasteiger charge is -2.06. The molecule has 0 saturated heterocycles. The Bertz CT molecular complexity index is 1080. The van der Waals surface area contributed by atoms with E-state index in [0.29, 0.717) is 22.9 Å². The molecule has 7 heteroatoms. The van der Waals surface area contributed by atoms with Crippen LogP contribution in [-0.4, -0.2) is 19.4 Å². The van der Waals surface area contributed by atoms with Crippen molar-refractivity contribution in [3.8, 4) is 17.0 Å². The molecule has 4 aromatic rings. The molecule has 0 fully saturated rings. The topological polar surface area (TPSA) is 52.3 Å². The van der Waals surface area contributed by atoms with Gasteiger partial charge in [0.2, 0.25) is 11.7 Å². The van der Waals surface area contributed by atoms with Gasteiger partial charge < -0.3 is 4.74 Å². The highest BCUT2D eigenvalue weighted by Gasteiger charge is 2.09. The van der Waals surface area contributed by atoms with Crippen LogP contribution in [0.2, 0.25) is 0 Å². The maximum absolute atomic E-state index is 13.8. The van der Waals surface area contributed by atoms with E-state index in [0.717, 1.165) is 17.3 Å². The number of nitrogens with zero attached hydrogens (tertiary/aromatic N) is 4. The number of fused-ring (bicyclic) bond motifs is 1. The van der Waals surface area contributed by atoms with Crippen molar-refractivity contribution < 1.29 is 13.5 Å². The van der Waals surface area contributed by atoms with Crippen molar-refractivity contribution in [2.45, 2.75) is 13.5 Å². The highest BCUT2D eigenvalue weighted by Crippen LogP contribution is 2.24. The van der Waals surface area contributed by atoms with E-state index in [4.69, 9.17) is 4.74 Å². The van der Waals surface area contributed by atoms with Crippen LogP contribution in [0.3, 0.4) is 0 Å². The van der Waals surface area contributed by atoms with Crippen molar-refractivity contribution in [1.82, 2.24) is 19.4 Å².